The molecule has 0 spiro atoms. The normalized spacial score (nSPS) is 30.8. The number of para-hydroxylation sites is 2. The minimum absolute atomic E-state index is 0.00173. The van der Waals surface area contributed by atoms with Crippen LogP contribution in [0.5, 0.6) is 0 Å². The number of amides is 2. The molecule has 2 amide bonds. The van der Waals surface area contributed by atoms with Crippen molar-refractivity contribution in [2.75, 3.05) is 25.0 Å². The summed E-state index contributed by atoms with van der Waals surface area (Å²) in [5.74, 6) is 2.32. The number of aliphatic hydroxyl groups excluding tert-OH is 1. The molecule has 4 bridgehead atoms. The van der Waals surface area contributed by atoms with Gasteiger partial charge in [0.05, 0.1) is 29.8 Å². The van der Waals surface area contributed by atoms with Crippen molar-refractivity contribution in [3.05, 3.63) is 100.0 Å². The van der Waals surface area contributed by atoms with Gasteiger partial charge in [-0.2, -0.15) is 0 Å². The van der Waals surface area contributed by atoms with E-state index in [1.165, 1.54) is 19.3 Å². The number of rotatable bonds is 8. The average Bonchev–Trinajstić information content (AvgIpc) is 3.47. The summed E-state index contributed by atoms with van der Waals surface area (Å²) in [7, 11) is 0. The summed E-state index contributed by atoms with van der Waals surface area (Å²) in [4.78, 5) is 31.5. The predicted octanol–water partition coefficient (Wildman–Crippen LogP) is 6.79. The Kier molecular flexibility index (Phi) is 8.74. The van der Waals surface area contributed by atoms with Crippen molar-refractivity contribution in [1.29, 1.82) is 0 Å². The lowest BCUT2D eigenvalue weighted by Crippen LogP contribution is -2.60. The molecule has 2 saturated heterocycles. The van der Waals surface area contributed by atoms with Crippen LogP contribution in [-0.4, -0.2) is 56.9 Å². The van der Waals surface area contributed by atoms with Gasteiger partial charge in [-0.1, -0.05) is 48.5 Å². The van der Waals surface area contributed by atoms with Crippen LogP contribution >= 0.6 is 0 Å². The number of aromatic amines is 1. The summed E-state index contributed by atoms with van der Waals surface area (Å²) in [5, 5.41) is 16.1. The third-order valence-electron chi connectivity index (χ3n) is 12.5. The summed E-state index contributed by atoms with van der Waals surface area (Å²) in [6.45, 7) is 2.53. The fourth-order valence-corrected chi connectivity index (χ4v) is 10.5. The average molecular weight is 692 g/mol. The molecule has 3 atom stereocenters. The van der Waals surface area contributed by atoms with Gasteiger partial charge in [-0.3, -0.25) is 4.57 Å². The number of fused-ring (bicyclic) bond motifs is 1. The first-order valence-electron chi connectivity index (χ1n) is 19.0. The van der Waals surface area contributed by atoms with Gasteiger partial charge in [0, 0.05) is 48.9 Å². The van der Waals surface area contributed by atoms with Crippen molar-refractivity contribution in [3.8, 4) is 0 Å². The van der Waals surface area contributed by atoms with Crippen LogP contribution in [0, 0.1) is 17.8 Å². The van der Waals surface area contributed by atoms with Gasteiger partial charge in [0.2, 0.25) is 0 Å². The SMILES string of the molecule is O=C(Nc1ccc(C2OC(CN3CCC(n4c(=O)[nH]c5ccccc54)CC3)CC(c3ccc(CO)cc3)O2)cc1)NC12CC3CC(CC(C3)C1)C2. The molecule has 10 nitrogen and oxygen atoms in total. The van der Waals surface area contributed by atoms with Crippen molar-refractivity contribution in [3.63, 3.8) is 0 Å². The Hall–Kier alpha value is -3.96. The molecular weight excluding hydrogens is 642 g/mol. The Balaban J connectivity index is 0.863. The number of imidazole rings is 1. The van der Waals surface area contributed by atoms with Crippen molar-refractivity contribution in [1.82, 2.24) is 19.8 Å². The standard InChI is InChI=1S/C41H49N5O5/c47-25-26-5-7-30(8-6-26)37-20-34(24-45-15-13-33(14-16-45)46-36-4-2-1-3-35(36)43-40(46)49)50-38(51-37)31-9-11-32(12-10-31)42-39(48)44-41-21-27-17-28(22-41)19-29(18-27)23-41/h1-12,27-29,33-34,37-38,47H,13-25H2,(H,43,49)(H2,42,44,48). The second-order valence-electron chi connectivity index (χ2n) is 16.1. The molecule has 4 aromatic rings. The minimum Gasteiger partial charge on any atom is -0.392 e. The Morgan fingerprint density at radius 1 is 0.843 bits per heavy atom. The van der Waals surface area contributed by atoms with Crippen LogP contribution in [0.2, 0.25) is 0 Å². The molecule has 4 saturated carbocycles. The Labute approximate surface area is 298 Å². The highest BCUT2D eigenvalue weighted by Crippen LogP contribution is 2.55. The number of carbonyl (C=O) groups excluding carboxylic acids is 1. The van der Waals surface area contributed by atoms with Gasteiger partial charge in [-0.25, -0.2) is 9.59 Å². The minimum atomic E-state index is -0.566. The predicted molar refractivity (Wildman–Crippen MR) is 195 cm³/mol. The fourth-order valence-electron chi connectivity index (χ4n) is 10.5. The monoisotopic (exact) mass is 691 g/mol. The third-order valence-corrected chi connectivity index (χ3v) is 12.5. The number of benzene rings is 3. The summed E-state index contributed by atoms with van der Waals surface area (Å²) in [5.41, 5.74) is 5.36. The maximum Gasteiger partial charge on any atom is 0.326 e. The van der Waals surface area contributed by atoms with Gasteiger partial charge in [0.15, 0.2) is 6.29 Å². The number of aliphatic hydroxyl groups is 1. The third kappa shape index (κ3) is 6.75. The number of H-pyrrole nitrogens is 1. The van der Waals surface area contributed by atoms with Crippen LogP contribution in [0.25, 0.3) is 11.0 Å². The quantitative estimate of drug-likeness (QED) is 0.162. The maximum atomic E-state index is 13.2. The lowest BCUT2D eigenvalue weighted by Gasteiger charge is -2.56. The van der Waals surface area contributed by atoms with Gasteiger partial charge in [0.1, 0.15) is 0 Å². The molecule has 3 unspecified atom stereocenters. The lowest BCUT2D eigenvalue weighted by molar-refractivity contribution is -0.253. The Morgan fingerprint density at radius 3 is 2.20 bits per heavy atom. The summed E-state index contributed by atoms with van der Waals surface area (Å²) < 4.78 is 15.2. The van der Waals surface area contributed by atoms with Gasteiger partial charge in [0.25, 0.3) is 0 Å². The maximum absolute atomic E-state index is 13.2. The molecule has 6 fully saturated rings. The summed E-state index contributed by atoms with van der Waals surface area (Å²) >= 11 is 0. The second-order valence-corrected chi connectivity index (χ2v) is 16.1. The molecule has 10 rings (SSSR count). The number of piperidine rings is 1. The van der Waals surface area contributed by atoms with E-state index in [0.29, 0.717) is 6.42 Å². The molecule has 3 heterocycles. The zero-order valence-corrected chi connectivity index (χ0v) is 29.1. The van der Waals surface area contributed by atoms with Crippen LogP contribution in [0.4, 0.5) is 10.5 Å². The highest BCUT2D eigenvalue weighted by atomic mass is 16.7. The lowest BCUT2D eigenvalue weighted by atomic mass is 9.53. The molecular formula is C41H49N5O5. The number of urea groups is 1. The number of anilines is 1. The molecule has 51 heavy (non-hydrogen) atoms. The number of ether oxygens (including phenoxy) is 2. The molecule has 6 aliphatic rings. The molecule has 4 N–H and O–H groups in total. The highest BCUT2D eigenvalue weighted by Gasteiger charge is 2.51. The Morgan fingerprint density at radius 2 is 1.51 bits per heavy atom. The van der Waals surface area contributed by atoms with E-state index >= 15 is 0 Å². The van der Waals surface area contributed by atoms with Gasteiger partial charge < -0.3 is 35.1 Å². The van der Waals surface area contributed by atoms with Gasteiger partial charge in [-0.15, -0.1) is 0 Å². The molecule has 3 aromatic carbocycles. The fraction of sp³-hybridized carbons (Fsp3) is 0.512. The largest absolute Gasteiger partial charge is 0.392 e. The van der Waals surface area contributed by atoms with Crippen molar-refractivity contribution in [2.45, 2.75) is 94.5 Å². The van der Waals surface area contributed by atoms with E-state index < -0.39 is 6.29 Å². The van der Waals surface area contributed by atoms with Gasteiger partial charge in [-0.05, 0) is 105 Å². The molecule has 0 radical (unpaired) electrons. The number of hydrogen-bond donors (Lipinski definition) is 4. The van der Waals surface area contributed by atoms with Crippen LogP contribution in [0.1, 0.15) is 92.9 Å². The van der Waals surface area contributed by atoms with Crippen LogP contribution < -0.4 is 16.3 Å². The van der Waals surface area contributed by atoms with E-state index in [9.17, 15) is 14.7 Å². The van der Waals surface area contributed by atoms with Crippen molar-refractivity contribution < 1.29 is 19.4 Å². The second kappa shape index (κ2) is 13.5. The van der Waals surface area contributed by atoms with E-state index in [-0.39, 0.29) is 42.1 Å². The van der Waals surface area contributed by atoms with Crippen LogP contribution in [0.15, 0.2) is 77.6 Å². The number of aromatic nitrogens is 2. The van der Waals surface area contributed by atoms with Crippen molar-refractivity contribution >= 4 is 22.8 Å². The van der Waals surface area contributed by atoms with Gasteiger partial charge >= 0.3 is 11.7 Å². The molecule has 4 aliphatic carbocycles. The zero-order chi connectivity index (χ0) is 34.5. The number of carbonyl (C=O) groups is 1. The zero-order valence-electron chi connectivity index (χ0n) is 29.1. The molecule has 2 aliphatic heterocycles. The first kappa shape index (κ1) is 32.9. The van der Waals surface area contributed by atoms with E-state index in [1.54, 1.807) is 0 Å². The number of nitrogens with zero attached hydrogens (tertiary/aromatic N) is 2. The number of hydrogen-bond acceptors (Lipinski definition) is 6. The Bertz CT molecular complexity index is 1880. The summed E-state index contributed by atoms with van der Waals surface area (Å²) in [6.07, 6.45) is 9.09. The molecule has 268 valence electrons. The van der Waals surface area contributed by atoms with E-state index in [0.717, 1.165) is 103 Å². The highest BCUT2D eigenvalue weighted by molar-refractivity contribution is 5.89. The number of likely N-dealkylation sites (tertiary alicyclic amines) is 1. The van der Waals surface area contributed by atoms with E-state index in [2.05, 4.69) is 20.5 Å². The first-order chi connectivity index (χ1) is 24.9. The topological polar surface area (TPSA) is 121 Å². The van der Waals surface area contributed by atoms with E-state index in [1.807, 2.05) is 77.4 Å². The summed E-state index contributed by atoms with van der Waals surface area (Å²) in [6, 6.07) is 23.8. The van der Waals surface area contributed by atoms with Crippen LogP contribution in [0.3, 0.4) is 0 Å². The smallest absolute Gasteiger partial charge is 0.326 e. The molecule has 1 aromatic heterocycles. The van der Waals surface area contributed by atoms with Crippen LogP contribution in [-0.2, 0) is 16.1 Å². The van der Waals surface area contributed by atoms with E-state index in [4.69, 9.17) is 9.47 Å². The first-order valence-corrected chi connectivity index (χ1v) is 19.0. The van der Waals surface area contributed by atoms with Crippen molar-refractivity contribution in [2.24, 2.45) is 17.8 Å². The number of nitrogens with one attached hydrogen (secondary N) is 3. The molecule has 10 heteroatoms.